The van der Waals surface area contributed by atoms with Gasteiger partial charge in [-0.3, -0.25) is 10.1 Å². The Balaban J connectivity index is 1.39. The molecule has 0 radical (unpaired) electrons. The standard InChI is InChI=1S/C20H15ClN4O3S/c1-11(28-19(27)13-4-7-15-16(8-13)23-10-22-15)18(26)25-20-24-17(9-29-20)12-2-5-14(21)6-3-12/h2-11H,1H3,(H,22,23)(H,24,25,26). The number of amides is 1. The molecular formula is C20H15ClN4O3S. The molecule has 2 heterocycles. The fourth-order valence-corrected chi connectivity index (χ4v) is 3.48. The molecule has 4 rings (SSSR count). The van der Waals surface area contributed by atoms with E-state index in [4.69, 9.17) is 16.3 Å². The number of imidazole rings is 1. The van der Waals surface area contributed by atoms with Gasteiger partial charge in [0.25, 0.3) is 5.91 Å². The average molecular weight is 427 g/mol. The van der Waals surface area contributed by atoms with E-state index in [0.29, 0.717) is 21.2 Å². The van der Waals surface area contributed by atoms with Gasteiger partial charge in [0.1, 0.15) is 0 Å². The second kappa shape index (κ2) is 8.02. The van der Waals surface area contributed by atoms with Crippen LogP contribution < -0.4 is 5.32 Å². The van der Waals surface area contributed by atoms with Crippen LogP contribution in [-0.2, 0) is 9.53 Å². The Kier molecular flexibility index (Phi) is 5.28. The van der Waals surface area contributed by atoms with Crippen LogP contribution in [0.4, 0.5) is 5.13 Å². The van der Waals surface area contributed by atoms with E-state index in [9.17, 15) is 9.59 Å². The van der Waals surface area contributed by atoms with Crippen LogP contribution in [0.5, 0.6) is 0 Å². The summed E-state index contributed by atoms with van der Waals surface area (Å²) >= 11 is 7.18. The number of rotatable bonds is 5. The fraction of sp³-hybridized carbons (Fsp3) is 0.100. The van der Waals surface area contributed by atoms with E-state index in [1.807, 2.05) is 17.5 Å². The van der Waals surface area contributed by atoms with Gasteiger partial charge in [0.15, 0.2) is 11.2 Å². The number of nitrogens with zero attached hydrogens (tertiary/aromatic N) is 2. The first-order chi connectivity index (χ1) is 14.0. The number of halogens is 1. The minimum absolute atomic E-state index is 0.334. The Morgan fingerprint density at radius 3 is 2.79 bits per heavy atom. The van der Waals surface area contributed by atoms with Gasteiger partial charge in [-0.25, -0.2) is 14.8 Å². The number of anilines is 1. The molecule has 2 aromatic heterocycles. The lowest BCUT2D eigenvalue weighted by Crippen LogP contribution is -2.29. The van der Waals surface area contributed by atoms with Crippen molar-refractivity contribution in [3.05, 3.63) is 64.8 Å². The highest BCUT2D eigenvalue weighted by molar-refractivity contribution is 7.14. The van der Waals surface area contributed by atoms with Gasteiger partial charge in [0, 0.05) is 16.0 Å². The summed E-state index contributed by atoms with van der Waals surface area (Å²) in [5, 5.41) is 5.56. The van der Waals surface area contributed by atoms with E-state index < -0.39 is 18.0 Å². The van der Waals surface area contributed by atoms with Crippen molar-refractivity contribution in [1.82, 2.24) is 15.0 Å². The summed E-state index contributed by atoms with van der Waals surface area (Å²) < 4.78 is 5.28. The largest absolute Gasteiger partial charge is 0.449 e. The predicted molar refractivity (Wildman–Crippen MR) is 112 cm³/mol. The van der Waals surface area contributed by atoms with Crippen molar-refractivity contribution in [2.24, 2.45) is 0 Å². The van der Waals surface area contributed by atoms with E-state index in [2.05, 4.69) is 20.3 Å². The highest BCUT2D eigenvalue weighted by Crippen LogP contribution is 2.26. The molecule has 7 nitrogen and oxygen atoms in total. The van der Waals surface area contributed by atoms with Crippen molar-refractivity contribution in [3.8, 4) is 11.3 Å². The maximum absolute atomic E-state index is 12.4. The number of aromatic nitrogens is 3. The third-order valence-corrected chi connectivity index (χ3v) is 5.19. The SMILES string of the molecule is CC(OC(=O)c1ccc2nc[nH]c2c1)C(=O)Nc1nc(-c2ccc(Cl)cc2)cs1. The van der Waals surface area contributed by atoms with Gasteiger partial charge in [-0.05, 0) is 37.3 Å². The smallest absolute Gasteiger partial charge is 0.338 e. The van der Waals surface area contributed by atoms with Gasteiger partial charge >= 0.3 is 5.97 Å². The number of thiazole rings is 1. The lowest BCUT2D eigenvalue weighted by Gasteiger charge is -2.12. The highest BCUT2D eigenvalue weighted by Gasteiger charge is 2.20. The normalized spacial score (nSPS) is 11.9. The van der Waals surface area contributed by atoms with Crippen LogP contribution in [0, 0.1) is 0 Å². The summed E-state index contributed by atoms with van der Waals surface area (Å²) in [4.78, 5) is 36.1. The summed E-state index contributed by atoms with van der Waals surface area (Å²) in [7, 11) is 0. The molecule has 1 amide bonds. The number of fused-ring (bicyclic) bond motifs is 1. The highest BCUT2D eigenvalue weighted by atomic mass is 35.5. The zero-order chi connectivity index (χ0) is 20.4. The molecule has 2 aromatic carbocycles. The number of carbonyl (C=O) groups is 2. The van der Waals surface area contributed by atoms with Crippen LogP contribution in [0.3, 0.4) is 0 Å². The van der Waals surface area contributed by atoms with Crippen molar-refractivity contribution < 1.29 is 14.3 Å². The quantitative estimate of drug-likeness (QED) is 0.457. The molecule has 0 aliphatic carbocycles. The van der Waals surface area contributed by atoms with Gasteiger partial charge < -0.3 is 9.72 Å². The van der Waals surface area contributed by atoms with Crippen LogP contribution in [0.15, 0.2) is 54.2 Å². The molecule has 146 valence electrons. The number of carbonyl (C=O) groups excluding carboxylic acids is 2. The Morgan fingerprint density at radius 1 is 1.21 bits per heavy atom. The molecule has 0 aliphatic rings. The van der Waals surface area contributed by atoms with Crippen LogP contribution >= 0.6 is 22.9 Å². The molecule has 0 aliphatic heterocycles. The average Bonchev–Trinajstić information content (AvgIpc) is 3.37. The maximum Gasteiger partial charge on any atom is 0.338 e. The van der Waals surface area contributed by atoms with Crippen molar-refractivity contribution in [2.75, 3.05) is 5.32 Å². The van der Waals surface area contributed by atoms with Gasteiger partial charge in [0.2, 0.25) is 0 Å². The van der Waals surface area contributed by atoms with E-state index in [1.54, 1.807) is 36.7 Å². The van der Waals surface area contributed by atoms with E-state index in [-0.39, 0.29) is 0 Å². The third-order valence-electron chi connectivity index (χ3n) is 4.18. The first-order valence-electron chi connectivity index (χ1n) is 8.66. The van der Waals surface area contributed by atoms with Crippen molar-refractivity contribution in [2.45, 2.75) is 13.0 Å². The molecule has 0 saturated heterocycles. The maximum atomic E-state index is 12.4. The molecule has 1 atom stereocenters. The first kappa shape index (κ1) is 19.1. The number of hydrogen-bond acceptors (Lipinski definition) is 6. The molecule has 2 N–H and O–H groups in total. The Morgan fingerprint density at radius 2 is 2.00 bits per heavy atom. The summed E-state index contributed by atoms with van der Waals surface area (Å²) in [5.41, 5.74) is 3.40. The number of nitrogens with one attached hydrogen (secondary N) is 2. The van der Waals surface area contributed by atoms with Gasteiger partial charge in [-0.15, -0.1) is 11.3 Å². The number of benzene rings is 2. The molecular weight excluding hydrogens is 412 g/mol. The van der Waals surface area contributed by atoms with Crippen molar-refractivity contribution in [3.63, 3.8) is 0 Å². The molecule has 0 bridgehead atoms. The lowest BCUT2D eigenvalue weighted by molar-refractivity contribution is -0.123. The Bertz CT molecular complexity index is 1190. The summed E-state index contributed by atoms with van der Waals surface area (Å²) in [6.45, 7) is 1.51. The second-order valence-corrected chi connectivity index (χ2v) is 7.51. The zero-order valence-electron chi connectivity index (χ0n) is 15.2. The van der Waals surface area contributed by atoms with Gasteiger partial charge in [-0.1, -0.05) is 23.7 Å². The molecule has 29 heavy (non-hydrogen) atoms. The zero-order valence-corrected chi connectivity index (χ0v) is 16.8. The Labute approximate surface area is 174 Å². The minimum atomic E-state index is -0.983. The molecule has 0 spiro atoms. The third kappa shape index (κ3) is 4.28. The number of esters is 1. The van der Waals surface area contributed by atoms with Gasteiger partial charge in [-0.2, -0.15) is 0 Å². The van der Waals surface area contributed by atoms with E-state index >= 15 is 0 Å². The molecule has 0 fully saturated rings. The first-order valence-corrected chi connectivity index (χ1v) is 9.92. The number of hydrogen-bond donors (Lipinski definition) is 2. The second-order valence-electron chi connectivity index (χ2n) is 6.22. The Hall–Kier alpha value is -3.23. The number of H-pyrrole nitrogens is 1. The topological polar surface area (TPSA) is 97.0 Å². The van der Waals surface area contributed by atoms with Crippen LogP contribution in [0.25, 0.3) is 22.3 Å². The molecule has 1 unspecified atom stereocenters. The number of ether oxygens (including phenoxy) is 1. The molecule has 9 heteroatoms. The minimum Gasteiger partial charge on any atom is -0.449 e. The molecule has 0 saturated carbocycles. The van der Waals surface area contributed by atoms with Crippen LogP contribution in [-0.4, -0.2) is 32.9 Å². The summed E-state index contributed by atoms with van der Waals surface area (Å²) in [6, 6.07) is 12.2. The fourth-order valence-electron chi connectivity index (χ4n) is 2.64. The lowest BCUT2D eigenvalue weighted by atomic mass is 10.2. The summed E-state index contributed by atoms with van der Waals surface area (Å²) in [5.74, 6) is -1.05. The number of aromatic amines is 1. The summed E-state index contributed by atoms with van der Waals surface area (Å²) in [6.07, 6.45) is 0.560. The monoisotopic (exact) mass is 426 g/mol. The van der Waals surface area contributed by atoms with E-state index in [0.717, 1.165) is 16.8 Å². The van der Waals surface area contributed by atoms with Crippen LogP contribution in [0.1, 0.15) is 17.3 Å². The van der Waals surface area contributed by atoms with E-state index in [1.165, 1.54) is 18.3 Å². The van der Waals surface area contributed by atoms with Gasteiger partial charge in [0.05, 0.1) is 28.6 Å². The van der Waals surface area contributed by atoms with Crippen molar-refractivity contribution in [1.29, 1.82) is 0 Å². The molecule has 4 aromatic rings. The predicted octanol–water partition coefficient (Wildman–Crippen LogP) is 4.52. The van der Waals surface area contributed by atoms with Crippen LogP contribution in [0.2, 0.25) is 5.02 Å². The van der Waals surface area contributed by atoms with Crippen molar-refractivity contribution >= 4 is 51.0 Å².